The molecule has 0 unspecified atom stereocenters. The maximum Gasteiger partial charge on any atom is 0.418 e. The lowest BCUT2D eigenvalue weighted by Crippen LogP contribution is -2.38. The van der Waals surface area contributed by atoms with E-state index >= 15 is 0 Å². The molecular formula is C20H16F3N3O3. The molecule has 150 valence electrons. The number of carbonyl (C=O) groups excluding carboxylic acids is 1. The van der Waals surface area contributed by atoms with Crippen LogP contribution in [0.2, 0.25) is 0 Å². The summed E-state index contributed by atoms with van der Waals surface area (Å²) in [5, 5.41) is 2.10. The fraction of sp³-hybridized carbons (Fsp3) is 0.150. The normalized spacial score (nSPS) is 11.3. The summed E-state index contributed by atoms with van der Waals surface area (Å²) in [6, 6.07) is 9.26. The van der Waals surface area contributed by atoms with Crippen LogP contribution in [0, 0.1) is 13.8 Å². The smallest absolute Gasteiger partial charge is 0.321 e. The first-order chi connectivity index (χ1) is 13.6. The number of H-pyrrole nitrogens is 1. The monoisotopic (exact) mass is 403 g/mol. The number of carbonyl (C=O) groups is 1. The number of aryl methyl sites for hydroxylation is 2. The molecule has 2 aromatic carbocycles. The molecule has 0 fully saturated rings. The minimum absolute atomic E-state index is 0.240. The number of alkyl halides is 3. The Balaban J connectivity index is 2.05. The first-order valence-corrected chi connectivity index (χ1v) is 8.49. The fourth-order valence-electron chi connectivity index (χ4n) is 2.76. The van der Waals surface area contributed by atoms with Gasteiger partial charge in [0.2, 0.25) is 0 Å². The highest BCUT2D eigenvalue weighted by molar-refractivity contribution is 6.04. The molecule has 0 aliphatic carbocycles. The Morgan fingerprint density at radius 2 is 1.72 bits per heavy atom. The Morgan fingerprint density at radius 1 is 1.03 bits per heavy atom. The van der Waals surface area contributed by atoms with Crippen molar-refractivity contribution in [3.8, 4) is 5.69 Å². The molecule has 6 nitrogen and oxygen atoms in total. The Bertz CT molecular complexity index is 1210. The van der Waals surface area contributed by atoms with E-state index in [9.17, 15) is 27.6 Å². The van der Waals surface area contributed by atoms with Crippen LogP contribution in [0.1, 0.15) is 27.0 Å². The van der Waals surface area contributed by atoms with Gasteiger partial charge in [0.25, 0.3) is 11.5 Å². The molecule has 0 radical (unpaired) electrons. The van der Waals surface area contributed by atoms with E-state index in [1.54, 1.807) is 25.1 Å². The number of rotatable bonds is 3. The molecule has 0 saturated carbocycles. The molecular weight excluding hydrogens is 387 g/mol. The first-order valence-electron chi connectivity index (χ1n) is 8.49. The number of para-hydroxylation sites is 1. The van der Waals surface area contributed by atoms with Gasteiger partial charge in [0.1, 0.15) is 5.56 Å². The Kier molecular flexibility index (Phi) is 5.15. The maximum atomic E-state index is 13.1. The second-order valence-corrected chi connectivity index (χ2v) is 6.41. The van der Waals surface area contributed by atoms with Gasteiger partial charge in [-0.1, -0.05) is 18.2 Å². The first kappa shape index (κ1) is 20.1. The van der Waals surface area contributed by atoms with Crippen molar-refractivity contribution in [2.24, 2.45) is 0 Å². The van der Waals surface area contributed by atoms with Gasteiger partial charge >= 0.3 is 11.9 Å². The Labute approximate surface area is 162 Å². The van der Waals surface area contributed by atoms with Gasteiger partial charge < -0.3 is 10.3 Å². The minimum atomic E-state index is -4.69. The molecule has 1 aromatic heterocycles. The second kappa shape index (κ2) is 7.42. The predicted molar refractivity (Wildman–Crippen MR) is 102 cm³/mol. The lowest BCUT2D eigenvalue weighted by molar-refractivity contribution is -0.136. The Morgan fingerprint density at radius 3 is 2.38 bits per heavy atom. The number of halogens is 3. The van der Waals surface area contributed by atoms with E-state index in [0.717, 1.165) is 34.0 Å². The number of hydrogen-bond acceptors (Lipinski definition) is 3. The van der Waals surface area contributed by atoms with E-state index in [1.165, 1.54) is 12.1 Å². The van der Waals surface area contributed by atoms with Crippen LogP contribution in [-0.2, 0) is 6.18 Å². The van der Waals surface area contributed by atoms with Crippen LogP contribution in [0.25, 0.3) is 5.69 Å². The molecule has 1 amide bonds. The predicted octanol–water partition coefficient (Wildman–Crippen LogP) is 3.41. The molecule has 0 spiro atoms. The van der Waals surface area contributed by atoms with Crippen LogP contribution in [0.15, 0.2) is 58.3 Å². The largest absolute Gasteiger partial charge is 0.418 e. The molecule has 0 atom stereocenters. The second-order valence-electron chi connectivity index (χ2n) is 6.41. The number of nitrogens with zero attached hydrogens (tertiary/aromatic N) is 1. The van der Waals surface area contributed by atoms with E-state index in [0.29, 0.717) is 0 Å². The average Bonchev–Trinajstić information content (AvgIpc) is 2.64. The highest BCUT2D eigenvalue weighted by atomic mass is 19.4. The van der Waals surface area contributed by atoms with Crippen LogP contribution < -0.4 is 16.6 Å². The number of hydrogen-bond donors (Lipinski definition) is 2. The van der Waals surface area contributed by atoms with Crippen molar-refractivity contribution < 1.29 is 18.0 Å². The quantitative estimate of drug-likeness (QED) is 0.703. The summed E-state index contributed by atoms with van der Waals surface area (Å²) in [4.78, 5) is 39.7. The van der Waals surface area contributed by atoms with Crippen molar-refractivity contribution >= 4 is 11.6 Å². The third kappa shape index (κ3) is 3.98. The van der Waals surface area contributed by atoms with Crippen LogP contribution in [-0.4, -0.2) is 15.5 Å². The minimum Gasteiger partial charge on any atom is -0.321 e. The third-order valence-electron chi connectivity index (χ3n) is 4.45. The van der Waals surface area contributed by atoms with Crippen LogP contribution >= 0.6 is 0 Å². The topological polar surface area (TPSA) is 84.0 Å². The molecule has 29 heavy (non-hydrogen) atoms. The van der Waals surface area contributed by atoms with E-state index in [1.807, 2.05) is 6.92 Å². The molecule has 3 rings (SSSR count). The zero-order valence-corrected chi connectivity index (χ0v) is 15.4. The highest BCUT2D eigenvalue weighted by Crippen LogP contribution is 2.34. The van der Waals surface area contributed by atoms with Crippen molar-refractivity contribution in [3.63, 3.8) is 0 Å². The van der Waals surface area contributed by atoms with Crippen molar-refractivity contribution in [3.05, 3.63) is 91.8 Å². The van der Waals surface area contributed by atoms with Crippen molar-refractivity contribution in [1.82, 2.24) is 9.55 Å². The molecule has 3 aromatic rings. The SMILES string of the molecule is Cc1ccc(-n2c(=O)[nH]cc(C(=O)Nc3ccccc3C(F)(F)F)c2=O)cc1C. The summed E-state index contributed by atoms with van der Waals surface area (Å²) in [6.45, 7) is 3.65. The zero-order chi connectivity index (χ0) is 21.3. The van der Waals surface area contributed by atoms with Crippen molar-refractivity contribution in [2.75, 3.05) is 5.32 Å². The van der Waals surface area contributed by atoms with Gasteiger partial charge in [-0.05, 0) is 49.2 Å². The van der Waals surface area contributed by atoms with E-state index < -0.39 is 40.1 Å². The third-order valence-corrected chi connectivity index (χ3v) is 4.45. The van der Waals surface area contributed by atoms with Gasteiger partial charge in [-0.15, -0.1) is 0 Å². The molecule has 9 heteroatoms. The lowest BCUT2D eigenvalue weighted by atomic mass is 10.1. The summed E-state index contributed by atoms with van der Waals surface area (Å²) in [7, 11) is 0. The number of nitrogens with one attached hydrogen (secondary N) is 2. The summed E-state index contributed by atoms with van der Waals surface area (Å²) < 4.78 is 40.1. The molecule has 0 bridgehead atoms. The number of benzene rings is 2. The number of anilines is 1. The average molecular weight is 403 g/mol. The van der Waals surface area contributed by atoms with Crippen LogP contribution in [0.5, 0.6) is 0 Å². The lowest BCUT2D eigenvalue weighted by Gasteiger charge is -2.14. The highest BCUT2D eigenvalue weighted by Gasteiger charge is 2.33. The summed E-state index contributed by atoms with van der Waals surface area (Å²) in [5.74, 6) is -1.07. The summed E-state index contributed by atoms with van der Waals surface area (Å²) in [5.41, 5.74) is -1.76. The summed E-state index contributed by atoms with van der Waals surface area (Å²) >= 11 is 0. The van der Waals surface area contributed by atoms with Crippen molar-refractivity contribution in [1.29, 1.82) is 0 Å². The van der Waals surface area contributed by atoms with Crippen molar-refractivity contribution in [2.45, 2.75) is 20.0 Å². The molecule has 2 N–H and O–H groups in total. The van der Waals surface area contributed by atoms with Gasteiger partial charge in [0.05, 0.1) is 16.9 Å². The van der Waals surface area contributed by atoms with Gasteiger partial charge in [-0.25, -0.2) is 9.36 Å². The number of aromatic amines is 1. The van der Waals surface area contributed by atoms with Gasteiger partial charge in [-0.2, -0.15) is 13.2 Å². The van der Waals surface area contributed by atoms with Gasteiger partial charge in [0.15, 0.2) is 0 Å². The number of aromatic nitrogens is 2. The Hall–Kier alpha value is -3.62. The molecule has 0 saturated heterocycles. The van der Waals surface area contributed by atoms with E-state index in [-0.39, 0.29) is 5.69 Å². The number of amides is 1. The van der Waals surface area contributed by atoms with Gasteiger partial charge in [0, 0.05) is 6.20 Å². The molecule has 1 heterocycles. The van der Waals surface area contributed by atoms with Crippen LogP contribution in [0.4, 0.5) is 18.9 Å². The van der Waals surface area contributed by atoms with E-state index in [4.69, 9.17) is 0 Å². The van der Waals surface area contributed by atoms with Crippen LogP contribution in [0.3, 0.4) is 0 Å². The van der Waals surface area contributed by atoms with E-state index in [2.05, 4.69) is 10.3 Å². The molecule has 0 aliphatic rings. The fourth-order valence-corrected chi connectivity index (χ4v) is 2.76. The van der Waals surface area contributed by atoms with Gasteiger partial charge in [-0.3, -0.25) is 9.59 Å². The molecule has 0 aliphatic heterocycles. The summed E-state index contributed by atoms with van der Waals surface area (Å²) in [6.07, 6.45) is -3.80. The maximum absolute atomic E-state index is 13.1. The zero-order valence-electron chi connectivity index (χ0n) is 15.4. The standard InChI is InChI=1S/C20H16F3N3O3/c1-11-7-8-13(9-12(11)2)26-18(28)14(10-24-19(26)29)17(27)25-16-6-4-3-5-15(16)20(21,22)23/h3-10H,1-2H3,(H,24,29)(H,25,27).